The van der Waals surface area contributed by atoms with Crippen molar-refractivity contribution >= 4 is 5.95 Å². The van der Waals surface area contributed by atoms with Crippen LogP contribution in [0.1, 0.15) is 12.6 Å². The highest BCUT2D eigenvalue weighted by Gasteiger charge is 2.11. The molecule has 0 aliphatic rings. The van der Waals surface area contributed by atoms with Crippen LogP contribution in [0.4, 0.5) is 14.7 Å². The van der Waals surface area contributed by atoms with Crippen molar-refractivity contribution in [2.24, 2.45) is 0 Å². The van der Waals surface area contributed by atoms with Crippen molar-refractivity contribution in [3.8, 4) is 5.69 Å². The first-order valence-corrected chi connectivity index (χ1v) is 5.37. The summed E-state index contributed by atoms with van der Waals surface area (Å²) in [7, 11) is 0. The van der Waals surface area contributed by atoms with Crippen LogP contribution in [0.15, 0.2) is 24.4 Å². The number of nitrogens with zero attached hydrogens (tertiary/aromatic N) is 2. The first-order valence-electron chi connectivity index (χ1n) is 5.37. The highest BCUT2D eigenvalue weighted by molar-refractivity contribution is 5.44. The van der Waals surface area contributed by atoms with E-state index in [2.05, 4.69) is 10.3 Å². The summed E-state index contributed by atoms with van der Waals surface area (Å²) in [6.45, 7) is 4.42. The molecule has 1 aromatic heterocycles. The Labute approximate surface area is 98.1 Å². The van der Waals surface area contributed by atoms with Crippen molar-refractivity contribution in [2.45, 2.75) is 13.8 Å². The van der Waals surface area contributed by atoms with Crippen molar-refractivity contribution in [1.82, 2.24) is 9.55 Å². The zero-order chi connectivity index (χ0) is 12.4. The predicted molar refractivity (Wildman–Crippen MR) is 62.4 cm³/mol. The molecule has 0 saturated carbocycles. The van der Waals surface area contributed by atoms with E-state index >= 15 is 0 Å². The molecule has 0 amide bonds. The maximum Gasteiger partial charge on any atom is 0.207 e. The lowest BCUT2D eigenvalue weighted by Gasteiger charge is -2.09. The number of nitrogens with one attached hydrogen (secondary N) is 1. The molecule has 17 heavy (non-hydrogen) atoms. The molecule has 2 aromatic rings. The molecule has 3 nitrogen and oxygen atoms in total. The minimum Gasteiger partial charge on any atom is -0.356 e. The summed E-state index contributed by atoms with van der Waals surface area (Å²) in [4.78, 5) is 4.23. The van der Waals surface area contributed by atoms with E-state index in [1.165, 1.54) is 12.1 Å². The minimum absolute atomic E-state index is 0.281. The SMILES string of the molecule is CCNc1nc(C)cn1-c1ccc(F)cc1F. The van der Waals surface area contributed by atoms with Gasteiger partial charge < -0.3 is 5.32 Å². The molecule has 0 atom stereocenters. The van der Waals surface area contributed by atoms with Crippen LogP contribution in [0, 0.1) is 18.6 Å². The monoisotopic (exact) mass is 237 g/mol. The second kappa shape index (κ2) is 4.53. The number of rotatable bonds is 3. The van der Waals surface area contributed by atoms with Gasteiger partial charge in [-0.05, 0) is 26.0 Å². The van der Waals surface area contributed by atoms with Gasteiger partial charge in [0, 0.05) is 18.8 Å². The first-order chi connectivity index (χ1) is 8.11. The Bertz CT molecular complexity index is 535. The number of benzene rings is 1. The largest absolute Gasteiger partial charge is 0.356 e. The molecule has 1 heterocycles. The van der Waals surface area contributed by atoms with Crippen molar-refractivity contribution in [3.63, 3.8) is 0 Å². The van der Waals surface area contributed by atoms with Gasteiger partial charge in [-0.3, -0.25) is 4.57 Å². The van der Waals surface area contributed by atoms with E-state index in [1.54, 1.807) is 10.8 Å². The minimum atomic E-state index is -0.610. The maximum absolute atomic E-state index is 13.6. The Morgan fingerprint density at radius 2 is 2.12 bits per heavy atom. The Kier molecular flexibility index (Phi) is 3.08. The molecule has 2 rings (SSSR count). The second-order valence-electron chi connectivity index (χ2n) is 3.70. The fourth-order valence-corrected chi connectivity index (χ4v) is 1.64. The normalized spacial score (nSPS) is 10.6. The highest BCUT2D eigenvalue weighted by atomic mass is 19.1. The quantitative estimate of drug-likeness (QED) is 0.889. The second-order valence-corrected chi connectivity index (χ2v) is 3.70. The number of imidazole rings is 1. The van der Waals surface area contributed by atoms with Crippen LogP contribution in [0.3, 0.4) is 0 Å². The summed E-state index contributed by atoms with van der Waals surface area (Å²) in [5.41, 5.74) is 1.05. The summed E-state index contributed by atoms with van der Waals surface area (Å²) < 4.78 is 28.1. The standard InChI is InChI=1S/C12H13F2N3/c1-3-15-12-16-8(2)7-17(12)11-5-4-9(13)6-10(11)14/h4-7H,3H2,1-2H3,(H,15,16). The Morgan fingerprint density at radius 3 is 2.76 bits per heavy atom. The van der Waals surface area contributed by atoms with Gasteiger partial charge in [0.1, 0.15) is 11.6 Å². The number of aryl methyl sites for hydroxylation is 1. The molecule has 1 N–H and O–H groups in total. The lowest BCUT2D eigenvalue weighted by molar-refractivity contribution is 0.578. The summed E-state index contributed by atoms with van der Waals surface area (Å²) in [6, 6.07) is 3.48. The van der Waals surface area contributed by atoms with Gasteiger partial charge in [-0.1, -0.05) is 0 Å². The Balaban J connectivity index is 2.51. The van der Waals surface area contributed by atoms with E-state index in [0.29, 0.717) is 12.5 Å². The van der Waals surface area contributed by atoms with E-state index in [-0.39, 0.29) is 5.69 Å². The first kappa shape index (κ1) is 11.6. The fourth-order valence-electron chi connectivity index (χ4n) is 1.64. The van der Waals surface area contributed by atoms with Crippen LogP contribution in [0.5, 0.6) is 0 Å². The smallest absolute Gasteiger partial charge is 0.207 e. The number of halogens is 2. The molecule has 0 unspecified atom stereocenters. The van der Waals surface area contributed by atoms with Gasteiger partial charge in [0.05, 0.1) is 11.4 Å². The molecular formula is C12H13F2N3. The van der Waals surface area contributed by atoms with Crippen molar-refractivity contribution in [2.75, 3.05) is 11.9 Å². The molecule has 0 radical (unpaired) electrons. The van der Waals surface area contributed by atoms with E-state index in [0.717, 1.165) is 11.8 Å². The van der Waals surface area contributed by atoms with E-state index < -0.39 is 11.6 Å². The molecular weight excluding hydrogens is 224 g/mol. The number of aromatic nitrogens is 2. The van der Waals surface area contributed by atoms with Gasteiger partial charge in [-0.25, -0.2) is 13.8 Å². The van der Waals surface area contributed by atoms with Gasteiger partial charge in [-0.15, -0.1) is 0 Å². The summed E-state index contributed by atoms with van der Waals surface area (Å²) in [5, 5.41) is 3.03. The topological polar surface area (TPSA) is 29.9 Å². The third-order valence-corrected chi connectivity index (χ3v) is 2.33. The number of hydrogen-bond donors (Lipinski definition) is 1. The molecule has 0 bridgehead atoms. The van der Waals surface area contributed by atoms with Crippen molar-refractivity contribution < 1.29 is 8.78 Å². The molecule has 0 spiro atoms. The van der Waals surface area contributed by atoms with Crippen LogP contribution >= 0.6 is 0 Å². The average molecular weight is 237 g/mol. The Hall–Kier alpha value is -1.91. The van der Waals surface area contributed by atoms with Crippen LogP contribution in [-0.2, 0) is 0 Å². The molecule has 0 aliphatic carbocycles. The lowest BCUT2D eigenvalue weighted by Crippen LogP contribution is -2.06. The number of hydrogen-bond acceptors (Lipinski definition) is 2. The van der Waals surface area contributed by atoms with Crippen molar-refractivity contribution in [3.05, 3.63) is 41.7 Å². The van der Waals surface area contributed by atoms with E-state index in [9.17, 15) is 8.78 Å². The summed E-state index contributed by atoms with van der Waals surface area (Å²) in [5.74, 6) is -0.648. The van der Waals surface area contributed by atoms with Gasteiger partial charge in [0.2, 0.25) is 5.95 Å². The van der Waals surface area contributed by atoms with Crippen molar-refractivity contribution in [1.29, 1.82) is 0 Å². The molecule has 5 heteroatoms. The van der Waals surface area contributed by atoms with Gasteiger partial charge in [0.25, 0.3) is 0 Å². The van der Waals surface area contributed by atoms with E-state index in [4.69, 9.17) is 0 Å². The number of anilines is 1. The predicted octanol–water partition coefficient (Wildman–Crippen LogP) is 2.89. The van der Waals surface area contributed by atoms with Crippen LogP contribution in [0.2, 0.25) is 0 Å². The Morgan fingerprint density at radius 1 is 1.35 bits per heavy atom. The maximum atomic E-state index is 13.6. The third-order valence-electron chi connectivity index (χ3n) is 2.33. The lowest BCUT2D eigenvalue weighted by atomic mass is 10.3. The zero-order valence-corrected chi connectivity index (χ0v) is 9.67. The highest BCUT2D eigenvalue weighted by Crippen LogP contribution is 2.20. The van der Waals surface area contributed by atoms with Gasteiger partial charge in [0.15, 0.2) is 0 Å². The fraction of sp³-hybridized carbons (Fsp3) is 0.250. The van der Waals surface area contributed by atoms with Gasteiger partial charge >= 0.3 is 0 Å². The third kappa shape index (κ3) is 2.27. The van der Waals surface area contributed by atoms with Crippen LogP contribution in [-0.4, -0.2) is 16.1 Å². The van der Waals surface area contributed by atoms with Crippen LogP contribution < -0.4 is 5.32 Å². The summed E-state index contributed by atoms with van der Waals surface area (Å²) in [6.07, 6.45) is 1.70. The molecule has 0 saturated heterocycles. The molecule has 1 aromatic carbocycles. The molecule has 0 aliphatic heterocycles. The molecule has 0 fully saturated rings. The van der Waals surface area contributed by atoms with Gasteiger partial charge in [-0.2, -0.15) is 0 Å². The van der Waals surface area contributed by atoms with Crippen LogP contribution in [0.25, 0.3) is 5.69 Å². The summed E-state index contributed by atoms with van der Waals surface area (Å²) >= 11 is 0. The van der Waals surface area contributed by atoms with E-state index in [1.807, 2.05) is 13.8 Å². The zero-order valence-electron chi connectivity index (χ0n) is 9.67. The molecule has 90 valence electrons. The average Bonchev–Trinajstić information content (AvgIpc) is 2.60.